The third kappa shape index (κ3) is 1.46. The Morgan fingerprint density at radius 2 is 2.20 bits per heavy atom. The molecule has 0 aromatic rings. The zero-order chi connectivity index (χ0) is 7.72. The Labute approximate surface area is 60.2 Å². The number of aliphatic hydroxyl groups excluding tert-OH is 1. The molecule has 4 N–H and O–H groups in total. The number of rotatable bonds is 1. The molecular weight excluding hydrogens is 132 g/mol. The lowest BCUT2D eigenvalue weighted by Crippen LogP contribution is -2.35. The first-order valence-electron chi connectivity index (χ1n) is 3.43. The molecule has 1 aliphatic heterocycles. The maximum absolute atomic E-state index is 8.80. The second-order valence-electron chi connectivity index (χ2n) is 2.92. The second-order valence-corrected chi connectivity index (χ2v) is 2.92. The lowest BCUT2D eigenvalue weighted by atomic mass is 10.2. The van der Waals surface area contributed by atoms with E-state index in [1.807, 2.05) is 11.9 Å². The van der Waals surface area contributed by atoms with Gasteiger partial charge in [0.2, 0.25) is 0 Å². The van der Waals surface area contributed by atoms with E-state index >= 15 is 0 Å². The summed E-state index contributed by atoms with van der Waals surface area (Å²) in [5.41, 5.74) is 5.59. The Bertz CT molecular complexity index is 118. The summed E-state index contributed by atoms with van der Waals surface area (Å²) in [5.74, 6) is 0. The van der Waals surface area contributed by atoms with Crippen molar-refractivity contribution in [1.29, 1.82) is 0 Å². The van der Waals surface area contributed by atoms with Gasteiger partial charge in [0.1, 0.15) is 0 Å². The van der Waals surface area contributed by atoms with E-state index in [0.717, 1.165) is 6.54 Å². The van der Waals surface area contributed by atoms with Crippen molar-refractivity contribution < 1.29 is 10.2 Å². The minimum absolute atomic E-state index is 0.0943. The zero-order valence-corrected chi connectivity index (χ0v) is 6.07. The first-order valence-corrected chi connectivity index (χ1v) is 3.43. The fraction of sp³-hybridized carbons (Fsp3) is 1.00. The molecule has 2 atom stereocenters. The minimum atomic E-state index is -1.25. The predicted molar refractivity (Wildman–Crippen MR) is 37.2 cm³/mol. The molecular formula is C6H14N2O2. The van der Waals surface area contributed by atoms with Crippen molar-refractivity contribution in [1.82, 2.24) is 4.90 Å². The van der Waals surface area contributed by atoms with Gasteiger partial charge in [-0.1, -0.05) is 0 Å². The fourth-order valence-electron chi connectivity index (χ4n) is 1.42. The van der Waals surface area contributed by atoms with Crippen LogP contribution >= 0.6 is 0 Å². The summed E-state index contributed by atoms with van der Waals surface area (Å²) in [7, 11) is 1.84. The molecule has 0 aromatic carbocycles. The van der Waals surface area contributed by atoms with Crippen LogP contribution in [0, 0.1) is 0 Å². The smallest absolute Gasteiger partial charge is 0.167 e. The molecule has 1 rings (SSSR count). The molecule has 2 unspecified atom stereocenters. The number of nitrogens with two attached hydrogens (primary N) is 1. The van der Waals surface area contributed by atoms with E-state index in [1.54, 1.807) is 0 Å². The maximum atomic E-state index is 8.80. The molecule has 1 saturated heterocycles. The molecule has 0 radical (unpaired) electrons. The Morgan fingerprint density at radius 3 is 2.40 bits per heavy atom. The molecule has 0 bridgehead atoms. The molecule has 4 nitrogen and oxygen atoms in total. The van der Waals surface area contributed by atoms with E-state index in [1.165, 1.54) is 0 Å². The SMILES string of the molecule is CN1CC(N)CC1C(O)O. The quantitative estimate of drug-likeness (QED) is 0.387. The third-order valence-corrected chi connectivity index (χ3v) is 1.98. The van der Waals surface area contributed by atoms with E-state index in [9.17, 15) is 0 Å². The van der Waals surface area contributed by atoms with Gasteiger partial charge in [0.15, 0.2) is 6.29 Å². The molecule has 0 saturated carbocycles. The third-order valence-electron chi connectivity index (χ3n) is 1.98. The van der Waals surface area contributed by atoms with Gasteiger partial charge in [-0.15, -0.1) is 0 Å². The van der Waals surface area contributed by atoms with E-state index < -0.39 is 6.29 Å². The molecule has 1 heterocycles. The lowest BCUT2D eigenvalue weighted by Gasteiger charge is -2.19. The van der Waals surface area contributed by atoms with E-state index in [0.29, 0.717) is 6.42 Å². The molecule has 0 spiro atoms. The van der Waals surface area contributed by atoms with Gasteiger partial charge in [-0.2, -0.15) is 0 Å². The highest BCUT2D eigenvalue weighted by Crippen LogP contribution is 2.15. The fourth-order valence-corrected chi connectivity index (χ4v) is 1.42. The first kappa shape index (κ1) is 7.94. The summed E-state index contributed by atoms with van der Waals surface area (Å²) in [6.07, 6.45) is -0.577. The largest absolute Gasteiger partial charge is 0.367 e. The van der Waals surface area contributed by atoms with Crippen LogP contribution in [0.5, 0.6) is 0 Å². The molecule has 4 heteroatoms. The van der Waals surface area contributed by atoms with Gasteiger partial charge in [-0.05, 0) is 13.5 Å². The van der Waals surface area contributed by atoms with Crippen molar-refractivity contribution in [3.05, 3.63) is 0 Å². The van der Waals surface area contributed by atoms with Crippen LogP contribution < -0.4 is 5.73 Å². The Hall–Kier alpha value is -0.160. The van der Waals surface area contributed by atoms with Crippen molar-refractivity contribution in [2.75, 3.05) is 13.6 Å². The second kappa shape index (κ2) is 2.84. The summed E-state index contributed by atoms with van der Waals surface area (Å²) >= 11 is 0. The Balaban J connectivity index is 2.46. The van der Waals surface area contributed by atoms with Gasteiger partial charge >= 0.3 is 0 Å². The number of aliphatic hydroxyl groups is 2. The van der Waals surface area contributed by atoms with Gasteiger partial charge in [-0.3, -0.25) is 4.90 Å². The van der Waals surface area contributed by atoms with Crippen molar-refractivity contribution in [2.45, 2.75) is 24.8 Å². The summed E-state index contributed by atoms with van der Waals surface area (Å²) in [4.78, 5) is 1.87. The van der Waals surface area contributed by atoms with Gasteiger partial charge in [0, 0.05) is 12.6 Å². The summed E-state index contributed by atoms with van der Waals surface area (Å²) in [6.45, 7) is 0.752. The standard InChI is InChI=1S/C6H14N2O2/c1-8-3-4(7)2-5(8)6(9)10/h4-6,9-10H,2-3,7H2,1H3. The average molecular weight is 146 g/mol. The van der Waals surface area contributed by atoms with Crippen LogP contribution in [0.3, 0.4) is 0 Å². The van der Waals surface area contributed by atoms with Crippen molar-refractivity contribution in [2.24, 2.45) is 5.73 Å². The van der Waals surface area contributed by atoms with Crippen LogP contribution in [0.15, 0.2) is 0 Å². The molecule has 60 valence electrons. The number of hydrogen-bond donors (Lipinski definition) is 3. The predicted octanol–water partition coefficient (Wildman–Crippen LogP) is -1.67. The van der Waals surface area contributed by atoms with Crippen molar-refractivity contribution in [3.8, 4) is 0 Å². The summed E-state index contributed by atoms with van der Waals surface area (Å²) in [6, 6.07) is -0.0770. The first-order chi connectivity index (χ1) is 4.61. The average Bonchev–Trinajstić information content (AvgIpc) is 2.10. The number of likely N-dealkylation sites (tertiary alicyclic amines) is 1. The van der Waals surface area contributed by atoms with Gasteiger partial charge in [0.05, 0.1) is 6.04 Å². The Morgan fingerprint density at radius 1 is 1.60 bits per heavy atom. The number of nitrogens with zero attached hydrogens (tertiary/aromatic N) is 1. The highest BCUT2D eigenvalue weighted by atomic mass is 16.5. The van der Waals surface area contributed by atoms with Crippen LogP contribution in [0.2, 0.25) is 0 Å². The van der Waals surface area contributed by atoms with Crippen LogP contribution in [0.25, 0.3) is 0 Å². The highest BCUT2D eigenvalue weighted by Gasteiger charge is 2.31. The Kier molecular flexibility index (Phi) is 2.25. The summed E-state index contributed by atoms with van der Waals surface area (Å²) < 4.78 is 0. The zero-order valence-electron chi connectivity index (χ0n) is 6.07. The number of hydrogen-bond acceptors (Lipinski definition) is 4. The molecule has 0 amide bonds. The molecule has 1 aliphatic rings. The molecule has 10 heavy (non-hydrogen) atoms. The van der Waals surface area contributed by atoms with Crippen molar-refractivity contribution >= 4 is 0 Å². The van der Waals surface area contributed by atoms with Gasteiger partial charge in [0.25, 0.3) is 0 Å². The van der Waals surface area contributed by atoms with Crippen LogP contribution in [-0.2, 0) is 0 Å². The van der Waals surface area contributed by atoms with Crippen LogP contribution in [0.1, 0.15) is 6.42 Å². The molecule has 1 fully saturated rings. The molecule has 0 aromatic heterocycles. The number of likely N-dealkylation sites (N-methyl/N-ethyl adjacent to an activating group) is 1. The van der Waals surface area contributed by atoms with Gasteiger partial charge < -0.3 is 15.9 Å². The maximum Gasteiger partial charge on any atom is 0.167 e. The van der Waals surface area contributed by atoms with E-state index in [4.69, 9.17) is 15.9 Å². The normalized spacial score (nSPS) is 35.7. The van der Waals surface area contributed by atoms with Crippen LogP contribution in [0.4, 0.5) is 0 Å². The monoisotopic (exact) mass is 146 g/mol. The highest BCUT2D eigenvalue weighted by molar-refractivity contribution is 4.86. The van der Waals surface area contributed by atoms with E-state index in [-0.39, 0.29) is 12.1 Å². The topological polar surface area (TPSA) is 69.7 Å². The summed E-state index contributed by atoms with van der Waals surface area (Å²) in [5, 5.41) is 17.6. The lowest BCUT2D eigenvalue weighted by molar-refractivity contribution is -0.0859. The van der Waals surface area contributed by atoms with Crippen molar-refractivity contribution in [3.63, 3.8) is 0 Å². The molecule has 0 aliphatic carbocycles. The van der Waals surface area contributed by atoms with Crippen LogP contribution in [-0.4, -0.2) is 47.1 Å². The van der Waals surface area contributed by atoms with E-state index in [2.05, 4.69) is 0 Å². The minimum Gasteiger partial charge on any atom is -0.367 e. The van der Waals surface area contributed by atoms with Gasteiger partial charge in [-0.25, -0.2) is 0 Å².